The van der Waals surface area contributed by atoms with Gasteiger partial charge in [0, 0.05) is 16.6 Å². The van der Waals surface area contributed by atoms with Crippen molar-refractivity contribution in [2.24, 2.45) is 0 Å². The molecule has 1 saturated heterocycles. The maximum absolute atomic E-state index is 13.3. The molecular weight excluding hydrogens is 391 g/mol. The number of Topliss-reactive ketones (excluding diaryl/α,β-unsaturated/α-hetero) is 1. The lowest BCUT2D eigenvalue weighted by Crippen LogP contribution is -2.29. The van der Waals surface area contributed by atoms with E-state index in [1.54, 1.807) is 18.3 Å². The van der Waals surface area contributed by atoms with E-state index in [1.807, 2.05) is 24.4 Å². The first kappa shape index (κ1) is 19.0. The molecule has 0 radical (unpaired) electrons. The minimum absolute atomic E-state index is 0.00286. The maximum atomic E-state index is 13.3. The Bertz CT molecular complexity index is 1110. The molecule has 1 N–H and O–H groups in total. The molecule has 2 aromatic heterocycles. The quantitative estimate of drug-likeness (QED) is 0.399. The topological polar surface area (TPSA) is 70.5 Å². The van der Waals surface area contributed by atoms with Crippen molar-refractivity contribution >= 4 is 28.8 Å². The fraction of sp³-hybridized carbons (Fsp3) is 0.136. The number of aliphatic hydroxyl groups excluding tert-OH is 1. The van der Waals surface area contributed by atoms with Crippen molar-refractivity contribution in [1.82, 2.24) is 9.88 Å². The monoisotopic (exact) mass is 408 g/mol. The van der Waals surface area contributed by atoms with Gasteiger partial charge in [-0.1, -0.05) is 6.07 Å². The van der Waals surface area contributed by atoms with Gasteiger partial charge in [0.2, 0.25) is 0 Å². The Morgan fingerprint density at radius 3 is 2.55 bits per heavy atom. The molecular formula is C22H17FN2O3S. The largest absolute Gasteiger partial charge is 0.507 e. The second-order valence-corrected chi connectivity index (χ2v) is 7.67. The van der Waals surface area contributed by atoms with Gasteiger partial charge in [-0.25, -0.2) is 4.39 Å². The fourth-order valence-electron chi connectivity index (χ4n) is 3.41. The number of hydrogen-bond acceptors (Lipinski definition) is 5. The zero-order valence-electron chi connectivity index (χ0n) is 15.5. The van der Waals surface area contributed by atoms with Crippen molar-refractivity contribution in [1.29, 1.82) is 0 Å². The summed E-state index contributed by atoms with van der Waals surface area (Å²) >= 11 is 1.41. The second kappa shape index (κ2) is 7.60. The normalized spacial score (nSPS) is 18.4. The number of nitrogens with zero attached hydrogens (tertiary/aromatic N) is 2. The second-order valence-electron chi connectivity index (χ2n) is 6.72. The van der Waals surface area contributed by atoms with Gasteiger partial charge in [0.25, 0.3) is 11.7 Å². The number of ketones is 1. The van der Waals surface area contributed by atoms with E-state index in [1.165, 1.54) is 40.5 Å². The molecule has 1 atom stereocenters. The van der Waals surface area contributed by atoms with Gasteiger partial charge in [-0.3, -0.25) is 14.6 Å². The van der Waals surface area contributed by atoms with Gasteiger partial charge in [0.05, 0.1) is 17.8 Å². The fourth-order valence-corrected chi connectivity index (χ4v) is 4.46. The molecule has 1 fully saturated rings. The van der Waals surface area contributed by atoms with Crippen LogP contribution in [0.15, 0.2) is 65.7 Å². The van der Waals surface area contributed by atoms with Crippen molar-refractivity contribution in [3.8, 4) is 0 Å². The van der Waals surface area contributed by atoms with Crippen LogP contribution in [-0.4, -0.2) is 26.7 Å². The molecule has 0 bridgehead atoms. The highest BCUT2D eigenvalue weighted by molar-refractivity contribution is 7.10. The summed E-state index contributed by atoms with van der Waals surface area (Å²) in [4.78, 5) is 32.3. The van der Waals surface area contributed by atoms with Crippen LogP contribution in [0.3, 0.4) is 0 Å². The van der Waals surface area contributed by atoms with Crippen LogP contribution in [0.5, 0.6) is 0 Å². The summed E-state index contributed by atoms with van der Waals surface area (Å²) in [6.45, 7) is 2.03. The van der Waals surface area contributed by atoms with Crippen LogP contribution in [0, 0.1) is 12.7 Å². The van der Waals surface area contributed by atoms with Gasteiger partial charge in [-0.05, 0) is 60.3 Å². The van der Waals surface area contributed by atoms with Crippen LogP contribution >= 0.6 is 11.3 Å². The highest BCUT2D eigenvalue weighted by Gasteiger charge is 2.47. The van der Waals surface area contributed by atoms with E-state index in [0.29, 0.717) is 5.69 Å². The van der Waals surface area contributed by atoms with Crippen LogP contribution in [0.1, 0.15) is 27.7 Å². The predicted octanol–water partition coefficient (Wildman–Crippen LogP) is 4.21. The number of aryl methyl sites for hydroxylation is 1. The van der Waals surface area contributed by atoms with Crippen LogP contribution in [-0.2, 0) is 16.1 Å². The molecule has 1 aromatic carbocycles. The molecule has 5 nitrogen and oxygen atoms in total. The number of thiophene rings is 1. The Balaban J connectivity index is 1.86. The van der Waals surface area contributed by atoms with Crippen LogP contribution in [0.2, 0.25) is 0 Å². The highest BCUT2D eigenvalue weighted by atomic mass is 32.1. The zero-order chi connectivity index (χ0) is 20.5. The van der Waals surface area contributed by atoms with Crippen LogP contribution in [0.4, 0.5) is 4.39 Å². The molecule has 4 rings (SSSR count). The van der Waals surface area contributed by atoms with E-state index in [9.17, 15) is 19.1 Å². The van der Waals surface area contributed by atoms with Crippen molar-refractivity contribution in [3.63, 3.8) is 0 Å². The Morgan fingerprint density at radius 2 is 1.93 bits per heavy atom. The highest BCUT2D eigenvalue weighted by Crippen LogP contribution is 2.43. The Hall–Kier alpha value is -3.32. The molecule has 29 heavy (non-hydrogen) atoms. The summed E-state index contributed by atoms with van der Waals surface area (Å²) in [6, 6.07) is 11.7. The Labute approximate surface area is 170 Å². The molecule has 3 heterocycles. The number of amides is 1. The van der Waals surface area contributed by atoms with Crippen molar-refractivity contribution in [2.45, 2.75) is 19.5 Å². The Morgan fingerprint density at radius 1 is 1.17 bits per heavy atom. The van der Waals surface area contributed by atoms with Gasteiger partial charge in [-0.15, -0.1) is 11.3 Å². The molecule has 1 aliphatic heterocycles. The van der Waals surface area contributed by atoms with Gasteiger partial charge in [-0.2, -0.15) is 0 Å². The predicted molar refractivity (Wildman–Crippen MR) is 108 cm³/mol. The van der Waals surface area contributed by atoms with Gasteiger partial charge in [0.15, 0.2) is 0 Å². The number of hydrogen-bond donors (Lipinski definition) is 1. The zero-order valence-corrected chi connectivity index (χ0v) is 16.3. The first-order chi connectivity index (χ1) is 14.0. The smallest absolute Gasteiger partial charge is 0.296 e. The number of aliphatic hydroxyl groups is 1. The first-order valence-corrected chi connectivity index (χ1v) is 9.83. The molecule has 0 aliphatic carbocycles. The van der Waals surface area contributed by atoms with Crippen molar-refractivity contribution in [3.05, 3.63) is 93.2 Å². The minimum atomic E-state index is -0.763. The number of rotatable bonds is 4. The lowest BCUT2D eigenvalue weighted by atomic mass is 9.98. The number of likely N-dealkylation sites (tertiary alicyclic amines) is 1. The molecule has 0 saturated carbocycles. The van der Waals surface area contributed by atoms with Gasteiger partial charge >= 0.3 is 0 Å². The first-order valence-electron chi connectivity index (χ1n) is 8.95. The van der Waals surface area contributed by atoms with Crippen molar-refractivity contribution in [2.75, 3.05) is 0 Å². The van der Waals surface area contributed by atoms with Gasteiger partial charge < -0.3 is 10.0 Å². The van der Waals surface area contributed by atoms with E-state index in [0.717, 1.165) is 10.4 Å². The van der Waals surface area contributed by atoms with E-state index >= 15 is 0 Å². The number of aromatic nitrogens is 1. The van der Waals surface area contributed by atoms with Crippen LogP contribution < -0.4 is 0 Å². The van der Waals surface area contributed by atoms with Crippen LogP contribution in [0.25, 0.3) is 5.76 Å². The summed E-state index contributed by atoms with van der Waals surface area (Å²) in [5.74, 6) is -2.23. The molecule has 3 aromatic rings. The maximum Gasteiger partial charge on any atom is 0.296 e. The third-order valence-corrected chi connectivity index (χ3v) is 5.94. The third-order valence-electron chi connectivity index (χ3n) is 4.87. The lowest BCUT2D eigenvalue weighted by molar-refractivity contribution is -0.140. The van der Waals surface area contributed by atoms with E-state index in [4.69, 9.17) is 0 Å². The lowest BCUT2D eigenvalue weighted by Gasteiger charge is -2.24. The summed E-state index contributed by atoms with van der Waals surface area (Å²) in [7, 11) is 0. The average molecular weight is 408 g/mol. The summed E-state index contributed by atoms with van der Waals surface area (Å²) in [5, 5.41) is 12.8. The Kier molecular flexibility index (Phi) is 4.98. The number of pyridine rings is 1. The van der Waals surface area contributed by atoms with E-state index < -0.39 is 23.5 Å². The molecule has 0 spiro atoms. The molecule has 1 amide bonds. The third kappa shape index (κ3) is 3.45. The summed E-state index contributed by atoms with van der Waals surface area (Å²) in [6.07, 6.45) is 1.62. The standard InChI is InChI=1S/C22H17FN2O3S/c1-13-9-11-29-21(13)18-17(19(26)14-5-7-15(23)8-6-14)20(27)22(28)25(18)12-16-4-2-3-10-24-16/h2-11,18,26H,12H2,1H3/b19-17-. The molecule has 1 aliphatic rings. The van der Waals surface area contributed by atoms with Gasteiger partial charge in [0.1, 0.15) is 17.6 Å². The van der Waals surface area contributed by atoms with E-state index in [2.05, 4.69) is 4.98 Å². The minimum Gasteiger partial charge on any atom is -0.507 e. The number of carbonyl (C=O) groups excluding carboxylic acids is 2. The number of halogens is 1. The average Bonchev–Trinajstić information content (AvgIpc) is 3.25. The number of carbonyl (C=O) groups is 2. The summed E-state index contributed by atoms with van der Waals surface area (Å²) < 4.78 is 13.3. The van der Waals surface area contributed by atoms with E-state index in [-0.39, 0.29) is 23.4 Å². The molecule has 1 unspecified atom stereocenters. The SMILES string of the molecule is Cc1ccsc1C1/C(=C(/O)c2ccc(F)cc2)C(=O)C(=O)N1Cc1ccccn1. The van der Waals surface area contributed by atoms with Crippen molar-refractivity contribution < 1.29 is 19.1 Å². The molecule has 7 heteroatoms. The summed E-state index contributed by atoms with van der Waals surface area (Å²) in [5.41, 5.74) is 1.83. The number of benzene rings is 1. The molecule has 146 valence electrons.